The van der Waals surface area contributed by atoms with Crippen molar-refractivity contribution in [2.45, 2.75) is 20.8 Å². The number of ether oxygens (including phenoxy) is 1. The third-order valence-corrected chi connectivity index (χ3v) is 3.86. The van der Waals surface area contributed by atoms with E-state index in [0.29, 0.717) is 13.1 Å². The number of rotatable bonds is 5. The van der Waals surface area contributed by atoms with E-state index in [1.807, 2.05) is 68.1 Å². The third kappa shape index (κ3) is 3.30. The van der Waals surface area contributed by atoms with E-state index in [2.05, 4.69) is 0 Å². The van der Waals surface area contributed by atoms with Gasteiger partial charge in [-0.3, -0.25) is 4.79 Å². The van der Waals surface area contributed by atoms with Crippen LogP contribution in [0.3, 0.4) is 0 Å². The third-order valence-electron chi connectivity index (χ3n) is 3.86. The van der Waals surface area contributed by atoms with Crippen molar-refractivity contribution >= 4 is 5.91 Å². The average molecular weight is 297 g/mol. The van der Waals surface area contributed by atoms with Crippen molar-refractivity contribution in [3.63, 3.8) is 0 Å². The minimum absolute atomic E-state index is 0.0829. The lowest BCUT2D eigenvalue weighted by molar-refractivity contribution is 0.0773. The van der Waals surface area contributed by atoms with Gasteiger partial charge >= 0.3 is 0 Å². The summed E-state index contributed by atoms with van der Waals surface area (Å²) in [6.45, 7) is 7.45. The number of carbonyl (C=O) groups is 1. The van der Waals surface area contributed by atoms with Crippen LogP contribution in [0.15, 0.2) is 42.5 Å². The lowest BCUT2D eigenvalue weighted by atomic mass is 9.96. The Morgan fingerprint density at radius 1 is 1.05 bits per heavy atom. The highest BCUT2D eigenvalue weighted by Gasteiger charge is 2.17. The molecule has 2 rings (SSSR count). The van der Waals surface area contributed by atoms with Crippen molar-refractivity contribution in [1.82, 2.24) is 4.90 Å². The van der Waals surface area contributed by atoms with E-state index in [1.54, 1.807) is 7.11 Å². The molecule has 0 radical (unpaired) electrons. The van der Waals surface area contributed by atoms with Crippen LogP contribution in [0.25, 0.3) is 11.1 Å². The zero-order valence-electron chi connectivity index (χ0n) is 13.7. The van der Waals surface area contributed by atoms with Crippen molar-refractivity contribution < 1.29 is 9.53 Å². The van der Waals surface area contributed by atoms with Gasteiger partial charge in [0.05, 0.1) is 7.11 Å². The molecule has 0 saturated carbocycles. The number of aryl methyl sites for hydroxylation is 1. The van der Waals surface area contributed by atoms with Crippen LogP contribution in [0.1, 0.15) is 29.8 Å². The topological polar surface area (TPSA) is 29.5 Å². The number of benzene rings is 2. The summed E-state index contributed by atoms with van der Waals surface area (Å²) in [7, 11) is 1.65. The molecule has 116 valence electrons. The summed E-state index contributed by atoms with van der Waals surface area (Å²) in [6, 6.07) is 13.8. The molecule has 0 aliphatic heterocycles. The number of hydrogen-bond acceptors (Lipinski definition) is 2. The molecule has 3 heteroatoms. The molecular weight excluding hydrogens is 274 g/mol. The van der Waals surface area contributed by atoms with E-state index in [1.165, 1.54) is 0 Å². The monoisotopic (exact) mass is 297 g/mol. The minimum Gasteiger partial charge on any atom is -0.497 e. The highest BCUT2D eigenvalue weighted by Crippen LogP contribution is 2.27. The number of carbonyl (C=O) groups excluding carboxylic acids is 1. The van der Waals surface area contributed by atoms with Crippen molar-refractivity contribution in [3.05, 3.63) is 53.6 Å². The van der Waals surface area contributed by atoms with Gasteiger partial charge in [-0.1, -0.05) is 29.8 Å². The minimum atomic E-state index is 0.0829. The van der Waals surface area contributed by atoms with Crippen molar-refractivity contribution in [2.75, 3.05) is 20.2 Å². The van der Waals surface area contributed by atoms with Gasteiger partial charge in [0.1, 0.15) is 5.75 Å². The molecule has 0 atom stereocenters. The fourth-order valence-electron chi connectivity index (χ4n) is 2.54. The van der Waals surface area contributed by atoms with Gasteiger partial charge in [-0.05, 0) is 50.1 Å². The van der Waals surface area contributed by atoms with Gasteiger partial charge in [0.2, 0.25) is 0 Å². The Morgan fingerprint density at radius 2 is 1.68 bits per heavy atom. The fraction of sp³-hybridized carbons (Fsp3) is 0.316. The molecule has 0 aromatic heterocycles. The van der Waals surface area contributed by atoms with Crippen molar-refractivity contribution in [3.8, 4) is 16.9 Å². The molecule has 2 aromatic rings. The Hall–Kier alpha value is -2.29. The average Bonchev–Trinajstić information content (AvgIpc) is 2.56. The highest BCUT2D eigenvalue weighted by atomic mass is 16.5. The predicted octanol–water partition coefficient (Wildman–Crippen LogP) is 4.15. The first kappa shape index (κ1) is 16.1. The van der Waals surface area contributed by atoms with Gasteiger partial charge in [0.25, 0.3) is 5.91 Å². The molecule has 0 N–H and O–H groups in total. The van der Waals surface area contributed by atoms with Crippen LogP contribution in [-0.4, -0.2) is 31.0 Å². The second kappa shape index (κ2) is 7.12. The van der Waals surface area contributed by atoms with E-state index in [9.17, 15) is 4.79 Å². The molecule has 0 heterocycles. The maximum absolute atomic E-state index is 12.8. The molecule has 0 saturated heterocycles. The fourth-order valence-corrected chi connectivity index (χ4v) is 2.54. The summed E-state index contributed by atoms with van der Waals surface area (Å²) >= 11 is 0. The molecule has 1 amide bonds. The molecule has 0 aliphatic rings. The van der Waals surface area contributed by atoms with Gasteiger partial charge in [0.15, 0.2) is 0 Å². The van der Waals surface area contributed by atoms with Crippen LogP contribution in [0.4, 0.5) is 0 Å². The van der Waals surface area contributed by atoms with Crippen molar-refractivity contribution in [2.24, 2.45) is 0 Å². The summed E-state index contributed by atoms with van der Waals surface area (Å²) in [6.07, 6.45) is 0. The number of nitrogens with zero attached hydrogens (tertiary/aromatic N) is 1. The summed E-state index contributed by atoms with van der Waals surface area (Å²) in [5.41, 5.74) is 3.84. The van der Waals surface area contributed by atoms with E-state index >= 15 is 0 Å². The Balaban J connectivity index is 2.49. The first-order valence-corrected chi connectivity index (χ1v) is 7.65. The van der Waals surface area contributed by atoms with Crippen LogP contribution in [0, 0.1) is 6.92 Å². The van der Waals surface area contributed by atoms with Crippen LogP contribution in [0.5, 0.6) is 5.75 Å². The van der Waals surface area contributed by atoms with Gasteiger partial charge < -0.3 is 9.64 Å². The van der Waals surface area contributed by atoms with Crippen molar-refractivity contribution in [1.29, 1.82) is 0 Å². The van der Waals surface area contributed by atoms with Gasteiger partial charge in [-0.15, -0.1) is 0 Å². The van der Waals surface area contributed by atoms with Gasteiger partial charge in [-0.25, -0.2) is 0 Å². The summed E-state index contributed by atoms with van der Waals surface area (Å²) in [5.74, 6) is 0.895. The molecule has 0 fully saturated rings. The Labute approximate surface area is 132 Å². The van der Waals surface area contributed by atoms with E-state index in [-0.39, 0.29) is 5.91 Å². The Bertz CT molecular complexity index is 643. The molecular formula is C19H23NO2. The second-order valence-electron chi connectivity index (χ2n) is 5.25. The molecule has 0 aliphatic carbocycles. The largest absolute Gasteiger partial charge is 0.497 e. The molecule has 0 bridgehead atoms. The highest BCUT2D eigenvalue weighted by molar-refractivity contribution is 6.01. The molecule has 22 heavy (non-hydrogen) atoms. The smallest absolute Gasteiger partial charge is 0.254 e. The van der Waals surface area contributed by atoms with Gasteiger partial charge in [-0.2, -0.15) is 0 Å². The van der Waals surface area contributed by atoms with E-state index in [4.69, 9.17) is 4.74 Å². The maximum Gasteiger partial charge on any atom is 0.254 e. The lowest BCUT2D eigenvalue weighted by Crippen LogP contribution is -2.30. The maximum atomic E-state index is 12.8. The number of amides is 1. The van der Waals surface area contributed by atoms with Gasteiger partial charge in [0, 0.05) is 18.7 Å². The molecule has 0 unspecified atom stereocenters. The van der Waals surface area contributed by atoms with E-state index < -0.39 is 0 Å². The molecule has 0 spiro atoms. The first-order valence-electron chi connectivity index (χ1n) is 7.65. The SMILES string of the molecule is CCN(CC)C(=O)c1cc(C)ccc1-c1ccc(OC)cc1. The zero-order chi connectivity index (χ0) is 16.1. The van der Waals surface area contributed by atoms with Crippen LogP contribution >= 0.6 is 0 Å². The number of hydrogen-bond donors (Lipinski definition) is 0. The standard InChI is InChI=1S/C19H23NO2/c1-5-20(6-2)19(21)18-13-14(3)7-12-17(18)15-8-10-16(22-4)11-9-15/h7-13H,5-6H2,1-4H3. The first-order chi connectivity index (χ1) is 10.6. The predicted molar refractivity (Wildman–Crippen MR) is 90.4 cm³/mol. The molecule has 3 nitrogen and oxygen atoms in total. The Morgan fingerprint density at radius 3 is 2.23 bits per heavy atom. The second-order valence-corrected chi connectivity index (χ2v) is 5.25. The van der Waals surface area contributed by atoms with Crippen LogP contribution in [-0.2, 0) is 0 Å². The summed E-state index contributed by atoms with van der Waals surface area (Å²) < 4.78 is 5.20. The van der Waals surface area contributed by atoms with Crippen LogP contribution < -0.4 is 4.74 Å². The van der Waals surface area contributed by atoms with E-state index in [0.717, 1.165) is 28.0 Å². The lowest BCUT2D eigenvalue weighted by Gasteiger charge is -2.21. The van der Waals surface area contributed by atoms with Crippen LogP contribution in [0.2, 0.25) is 0 Å². The summed E-state index contributed by atoms with van der Waals surface area (Å²) in [5, 5.41) is 0. The number of methoxy groups -OCH3 is 1. The quantitative estimate of drug-likeness (QED) is 0.829. The summed E-state index contributed by atoms with van der Waals surface area (Å²) in [4.78, 5) is 14.6. The molecule has 2 aromatic carbocycles. The zero-order valence-corrected chi connectivity index (χ0v) is 13.7. The Kier molecular flexibility index (Phi) is 5.21. The normalized spacial score (nSPS) is 10.4.